The number of carbonyl (C=O) groups excluding carboxylic acids is 1. The van der Waals surface area contributed by atoms with Crippen molar-refractivity contribution in [2.45, 2.75) is 58.0 Å². The molecule has 0 aromatic rings. The largest absolute Gasteiger partial charge is 0.378 e. The molecule has 4 nitrogen and oxygen atoms in total. The molecule has 1 fully saturated rings. The van der Waals surface area contributed by atoms with Gasteiger partial charge in [0.25, 0.3) is 0 Å². The summed E-state index contributed by atoms with van der Waals surface area (Å²) in [7, 11) is 1.71. The van der Waals surface area contributed by atoms with Gasteiger partial charge in [0, 0.05) is 13.7 Å². The van der Waals surface area contributed by atoms with E-state index in [4.69, 9.17) is 10.5 Å². The van der Waals surface area contributed by atoms with Crippen LogP contribution in [0.5, 0.6) is 0 Å². The van der Waals surface area contributed by atoms with Crippen LogP contribution in [-0.2, 0) is 9.53 Å². The SMILES string of the molecule is COC1(CC(=O)NCC(C)(C)CCCN)CCC1. The highest BCUT2D eigenvalue weighted by Gasteiger charge is 2.39. The zero-order chi connectivity index (χ0) is 13.6. The molecule has 0 unspecified atom stereocenters. The summed E-state index contributed by atoms with van der Waals surface area (Å²) in [5.41, 5.74) is 5.46. The first-order valence-corrected chi connectivity index (χ1v) is 6.95. The summed E-state index contributed by atoms with van der Waals surface area (Å²) >= 11 is 0. The quantitative estimate of drug-likeness (QED) is 0.696. The molecule has 0 bridgehead atoms. The molecule has 0 aromatic carbocycles. The Morgan fingerprint density at radius 2 is 2.11 bits per heavy atom. The van der Waals surface area contributed by atoms with Crippen molar-refractivity contribution in [3.63, 3.8) is 0 Å². The molecule has 18 heavy (non-hydrogen) atoms. The minimum Gasteiger partial charge on any atom is -0.378 e. The van der Waals surface area contributed by atoms with Crippen molar-refractivity contribution >= 4 is 5.91 Å². The first kappa shape index (κ1) is 15.4. The fraction of sp³-hybridized carbons (Fsp3) is 0.929. The van der Waals surface area contributed by atoms with Crippen molar-refractivity contribution in [1.29, 1.82) is 0 Å². The molecule has 1 aliphatic rings. The summed E-state index contributed by atoms with van der Waals surface area (Å²) in [6.45, 7) is 5.76. The van der Waals surface area contributed by atoms with Gasteiger partial charge in [-0.25, -0.2) is 0 Å². The molecule has 0 aromatic heterocycles. The van der Waals surface area contributed by atoms with Crippen molar-refractivity contribution in [3.05, 3.63) is 0 Å². The van der Waals surface area contributed by atoms with Crippen LogP contribution in [0.15, 0.2) is 0 Å². The number of carbonyl (C=O) groups is 1. The highest BCUT2D eigenvalue weighted by atomic mass is 16.5. The van der Waals surface area contributed by atoms with Crippen molar-refractivity contribution < 1.29 is 9.53 Å². The van der Waals surface area contributed by atoms with Crippen molar-refractivity contribution in [2.24, 2.45) is 11.1 Å². The second kappa shape index (κ2) is 6.53. The molecule has 106 valence electrons. The first-order valence-electron chi connectivity index (χ1n) is 6.95. The molecule has 1 amide bonds. The summed E-state index contributed by atoms with van der Waals surface area (Å²) in [5, 5.41) is 3.03. The van der Waals surface area contributed by atoms with Gasteiger partial charge in [0.05, 0.1) is 12.0 Å². The van der Waals surface area contributed by atoms with Crippen LogP contribution in [0.1, 0.15) is 52.4 Å². The highest BCUT2D eigenvalue weighted by molar-refractivity contribution is 5.77. The lowest BCUT2D eigenvalue weighted by molar-refractivity contribution is -0.134. The van der Waals surface area contributed by atoms with Crippen LogP contribution < -0.4 is 11.1 Å². The van der Waals surface area contributed by atoms with Crippen molar-refractivity contribution in [1.82, 2.24) is 5.32 Å². The van der Waals surface area contributed by atoms with Crippen LogP contribution in [0.3, 0.4) is 0 Å². The Balaban J connectivity index is 2.28. The summed E-state index contributed by atoms with van der Waals surface area (Å²) < 4.78 is 5.46. The molecule has 0 aliphatic heterocycles. The van der Waals surface area contributed by atoms with Crippen LogP contribution in [0.25, 0.3) is 0 Å². The van der Waals surface area contributed by atoms with Crippen LogP contribution in [0.4, 0.5) is 0 Å². The summed E-state index contributed by atoms with van der Waals surface area (Å²) in [6.07, 6.45) is 5.73. The molecule has 0 heterocycles. The van der Waals surface area contributed by atoms with E-state index in [9.17, 15) is 4.79 Å². The maximum Gasteiger partial charge on any atom is 0.222 e. The third-order valence-corrected chi connectivity index (χ3v) is 4.00. The Hall–Kier alpha value is -0.610. The zero-order valence-electron chi connectivity index (χ0n) is 12.1. The Kier molecular flexibility index (Phi) is 5.60. The molecule has 0 saturated heterocycles. The fourth-order valence-corrected chi connectivity index (χ4v) is 2.39. The van der Waals surface area contributed by atoms with Gasteiger partial charge in [-0.1, -0.05) is 13.8 Å². The van der Waals surface area contributed by atoms with E-state index in [0.717, 1.165) is 25.7 Å². The number of nitrogens with one attached hydrogen (secondary N) is 1. The van der Waals surface area contributed by atoms with Gasteiger partial charge >= 0.3 is 0 Å². The average molecular weight is 256 g/mol. The second-order valence-electron chi connectivity index (χ2n) is 6.25. The van der Waals surface area contributed by atoms with Crippen LogP contribution in [0.2, 0.25) is 0 Å². The van der Waals surface area contributed by atoms with Gasteiger partial charge in [0.2, 0.25) is 5.91 Å². The minimum atomic E-state index is -0.175. The van der Waals surface area contributed by atoms with Crippen LogP contribution >= 0.6 is 0 Å². The van der Waals surface area contributed by atoms with Gasteiger partial charge in [0.15, 0.2) is 0 Å². The van der Waals surface area contributed by atoms with E-state index in [0.29, 0.717) is 19.5 Å². The monoisotopic (exact) mass is 256 g/mol. The highest BCUT2D eigenvalue weighted by Crippen LogP contribution is 2.37. The van der Waals surface area contributed by atoms with Gasteiger partial charge < -0.3 is 15.8 Å². The smallest absolute Gasteiger partial charge is 0.222 e. The van der Waals surface area contributed by atoms with E-state index in [1.807, 2.05) is 0 Å². The molecule has 0 radical (unpaired) electrons. The zero-order valence-corrected chi connectivity index (χ0v) is 12.1. The Labute approximate surface area is 111 Å². The van der Waals surface area contributed by atoms with Gasteiger partial charge in [-0.3, -0.25) is 4.79 Å². The predicted molar refractivity (Wildman–Crippen MR) is 73.3 cm³/mol. The van der Waals surface area contributed by atoms with Gasteiger partial charge in [0.1, 0.15) is 0 Å². The maximum atomic E-state index is 11.9. The molecular weight excluding hydrogens is 228 g/mol. The lowest BCUT2D eigenvalue weighted by Gasteiger charge is -2.40. The average Bonchev–Trinajstić information content (AvgIpc) is 2.29. The van der Waals surface area contributed by atoms with Crippen molar-refractivity contribution in [3.8, 4) is 0 Å². The first-order chi connectivity index (χ1) is 8.43. The van der Waals surface area contributed by atoms with Crippen LogP contribution in [0, 0.1) is 5.41 Å². The van der Waals surface area contributed by atoms with Gasteiger partial charge in [-0.2, -0.15) is 0 Å². The molecule has 0 atom stereocenters. The Morgan fingerprint density at radius 3 is 2.56 bits per heavy atom. The van der Waals surface area contributed by atoms with E-state index in [1.54, 1.807) is 7.11 Å². The number of nitrogens with two attached hydrogens (primary N) is 1. The van der Waals surface area contributed by atoms with E-state index in [1.165, 1.54) is 6.42 Å². The molecule has 1 aliphatic carbocycles. The number of rotatable bonds is 8. The topological polar surface area (TPSA) is 64.3 Å². The molecule has 1 saturated carbocycles. The number of methoxy groups -OCH3 is 1. The summed E-state index contributed by atoms with van der Waals surface area (Å²) in [6, 6.07) is 0. The van der Waals surface area contributed by atoms with E-state index in [2.05, 4.69) is 19.2 Å². The molecular formula is C14H28N2O2. The molecule has 0 spiro atoms. The molecule has 4 heteroatoms. The Morgan fingerprint density at radius 1 is 1.44 bits per heavy atom. The summed E-state index contributed by atoms with van der Waals surface area (Å²) in [5.74, 6) is 0.109. The third kappa shape index (κ3) is 4.58. The van der Waals surface area contributed by atoms with E-state index < -0.39 is 0 Å². The van der Waals surface area contributed by atoms with Gasteiger partial charge in [-0.15, -0.1) is 0 Å². The number of hydrogen-bond donors (Lipinski definition) is 2. The minimum absolute atomic E-state index is 0.109. The standard InChI is InChI=1S/C14H28N2O2/c1-13(2,6-5-9-15)11-16-12(17)10-14(18-3)7-4-8-14/h4-11,15H2,1-3H3,(H,16,17). The number of hydrogen-bond acceptors (Lipinski definition) is 3. The van der Waals surface area contributed by atoms with Crippen LogP contribution in [-0.4, -0.2) is 31.7 Å². The number of amides is 1. The van der Waals surface area contributed by atoms with E-state index >= 15 is 0 Å². The van der Waals surface area contributed by atoms with Crippen molar-refractivity contribution in [2.75, 3.05) is 20.2 Å². The summed E-state index contributed by atoms with van der Waals surface area (Å²) in [4.78, 5) is 11.9. The maximum absolute atomic E-state index is 11.9. The third-order valence-electron chi connectivity index (χ3n) is 4.00. The predicted octanol–water partition coefficient (Wildman–Crippen LogP) is 1.83. The Bertz CT molecular complexity index is 267. The lowest BCUT2D eigenvalue weighted by atomic mass is 9.77. The van der Waals surface area contributed by atoms with Gasteiger partial charge in [-0.05, 0) is 44.1 Å². The molecule has 3 N–H and O–H groups in total. The molecule has 1 rings (SSSR count). The second-order valence-corrected chi connectivity index (χ2v) is 6.25. The van der Waals surface area contributed by atoms with E-state index in [-0.39, 0.29) is 16.9 Å². The lowest BCUT2D eigenvalue weighted by Crippen LogP contribution is -2.45. The normalized spacial score (nSPS) is 18.2. The number of ether oxygens (including phenoxy) is 1. The fourth-order valence-electron chi connectivity index (χ4n) is 2.39.